The molecule has 0 amide bonds. The Hall–Kier alpha value is -1.76. The second-order valence-electron chi connectivity index (χ2n) is 4.48. The van der Waals surface area contributed by atoms with Gasteiger partial charge in [0, 0.05) is 0 Å². The van der Waals surface area contributed by atoms with Gasteiger partial charge in [0.15, 0.2) is 0 Å². The summed E-state index contributed by atoms with van der Waals surface area (Å²) >= 11 is 0. The van der Waals surface area contributed by atoms with Gasteiger partial charge in [-0.1, -0.05) is 30.3 Å². The van der Waals surface area contributed by atoms with E-state index in [0.29, 0.717) is 0 Å². The Morgan fingerprint density at radius 2 is 1.29 bits per heavy atom. The molecule has 0 atom stereocenters. The van der Waals surface area contributed by atoms with Gasteiger partial charge < -0.3 is 4.74 Å². The van der Waals surface area contributed by atoms with E-state index < -0.39 is 0 Å². The SMILES string of the molecule is COc1cc(-c2ccc(C)c(C)c2)ccc1C. The van der Waals surface area contributed by atoms with E-state index in [9.17, 15) is 0 Å². The highest BCUT2D eigenvalue weighted by Crippen LogP contribution is 2.27. The van der Waals surface area contributed by atoms with Crippen molar-refractivity contribution in [2.45, 2.75) is 20.8 Å². The molecule has 0 heterocycles. The summed E-state index contributed by atoms with van der Waals surface area (Å²) in [5.74, 6) is 0.945. The summed E-state index contributed by atoms with van der Waals surface area (Å²) in [6, 6.07) is 12.9. The van der Waals surface area contributed by atoms with E-state index in [2.05, 4.69) is 57.2 Å². The van der Waals surface area contributed by atoms with Crippen LogP contribution in [0.5, 0.6) is 5.75 Å². The van der Waals surface area contributed by atoms with Crippen LogP contribution in [0.3, 0.4) is 0 Å². The third kappa shape index (κ3) is 2.33. The standard InChI is InChI=1S/C16H18O/c1-11-5-7-14(9-13(11)3)15-8-6-12(2)16(10-15)17-4/h5-10H,1-4H3. The number of hydrogen-bond donors (Lipinski definition) is 0. The molecule has 0 aliphatic carbocycles. The van der Waals surface area contributed by atoms with Crippen LogP contribution in [0, 0.1) is 20.8 Å². The molecular formula is C16H18O. The normalized spacial score (nSPS) is 10.4. The molecule has 0 saturated carbocycles. The lowest BCUT2D eigenvalue weighted by Crippen LogP contribution is -1.89. The minimum Gasteiger partial charge on any atom is -0.496 e. The van der Waals surface area contributed by atoms with Gasteiger partial charge in [0.2, 0.25) is 0 Å². The van der Waals surface area contributed by atoms with Crippen molar-refractivity contribution >= 4 is 0 Å². The zero-order chi connectivity index (χ0) is 12.4. The van der Waals surface area contributed by atoms with E-state index in [0.717, 1.165) is 5.75 Å². The topological polar surface area (TPSA) is 9.23 Å². The fourth-order valence-electron chi connectivity index (χ4n) is 1.92. The first-order chi connectivity index (χ1) is 8.11. The fraction of sp³-hybridized carbons (Fsp3) is 0.250. The van der Waals surface area contributed by atoms with Crippen LogP contribution in [0.2, 0.25) is 0 Å². The van der Waals surface area contributed by atoms with Gasteiger partial charge in [-0.05, 0) is 54.7 Å². The number of ether oxygens (including phenoxy) is 1. The van der Waals surface area contributed by atoms with E-state index >= 15 is 0 Å². The van der Waals surface area contributed by atoms with Crippen LogP contribution in [0.25, 0.3) is 11.1 Å². The lowest BCUT2D eigenvalue weighted by Gasteiger charge is -2.09. The van der Waals surface area contributed by atoms with Crippen LogP contribution in [0.4, 0.5) is 0 Å². The summed E-state index contributed by atoms with van der Waals surface area (Å²) in [5.41, 5.74) is 6.26. The lowest BCUT2D eigenvalue weighted by atomic mass is 9.99. The highest BCUT2D eigenvalue weighted by Gasteiger charge is 2.03. The molecule has 0 aromatic heterocycles. The minimum atomic E-state index is 0.945. The molecule has 1 heteroatoms. The van der Waals surface area contributed by atoms with E-state index in [1.54, 1.807) is 7.11 Å². The van der Waals surface area contributed by atoms with Gasteiger partial charge in [-0.2, -0.15) is 0 Å². The molecule has 0 fully saturated rings. The first kappa shape index (κ1) is 11.7. The van der Waals surface area contributed by atoms with Crippen molar-refractivity contribution in [1.29, 1.82) is 0 Å². The van der Waals surface area contributed by atoms with Gasteiger partial charge in [0.1, 0.15) is 5.75 Å². The maximum Gasteiger partial charge on any atom is 0.122 e. The Morgan fingerprint density at radius 1 is 0.706 bits per heavy atom. The summed E-state index contributed by atoms with van der Waals surface area (Å²) in [5, 5.41) is 0. The van der Waals surface area contributed by atoms with Crippen molar-refractivity contribution < 1.29 is 4.74 Å². The molecule has 2 aromatic rings. The van der Waals surface area contributed by atoms with Gasteiger partial charge >= 0.3 is 0 Å². The Bertz CT molecular complexity index is 541. The molecule has 0 N–H and O–H groups in total. The molecule has 0 aliphatic rings. The largest absolute Gasteiger partial charge is 0.496 e. The highest BCUT2D eigenvalue weighted by atomic mass is 16.5. The van der Waals surface area contributed by atoms with Crippen LogP contribution in [0.15, 0.2) is 36.4 Å². The smallest absolute Gasteiger partial charge is 0.122 e. The Morgan fingerprint density at radius 3 is 1.88 bits per heavy atom. The van der Waals surface area contributed by atoms with Crippen molar-refractivity contribution in [3.05, 3.63) is 53.1 Å². The van der Waals surface area contributed by atoms with Gasteiger partial charge in [0.25, 0.3) is 0 Å². The van der Waals surface area contributed by atoms with Crippen molar-refractivity contribution in [1.82, 2.24) is 0 Å². The van der Waals surface area contributed by atoms with E-state index in [1.807, 2.05) is 0 Å². The first-order valence-corrected chi connectivity index (χ1v) is 5.84. The third-order valence-electron chi connectivity index (χ3n) is 3.25. The number of rotatable bonds is 2. The quantitative estimate of drug-likeness (QED) is 0.742. The maximum absolute atomic E-state index is 5.36. The lowest BCUT2D eigenvalue weighted by molar-refractivity contribution is 0.412. The molecule has 17 heavy (non-hydrogen) atoms. The van der Waals surface area contributed by atoms with Crippen LogP contribution in [-0.2, 0) is 0 Å². The van der Waals surface area contributed by atoms with Crippen molar-refractivity contribution in [3.8, 4) is 16.9 Å². The second-order valence-corrected chi connectivity index (χ2v) is 4.48. The van der Waals surface area contributed by atoms with Crippen molar-refractivity contribution in [2.75, 3.05) is 7.11 Å². The van der Waals surface area contributed by atoms with Crippen LogP contribution < -0.4 is 4.74 Å². The summed E-state index contributed by atoms with van der Waals surface area (Å²) in [6.07, 6.45) is 0. The summed E-state index contributed by atoms with van der Waals surface area (Å²) < 4.78 is 5.36. The minimum absolute atomic E-state index is 0.945. The predicted molar refractivity (Wildman–Crippen MR) is 72.6 cm³/mol. The van der Waals surface area contributed by atoms with Crippen molar-refractivity contribution in [3.63, 3.8) is 0 Å². The molecule has 0 saturated heterocycles. The monoisotopic (exact) mass is 226 g/mol. The number of aryl methyl sites for hydroxylation is 3. The molecule has 0 aliphatic heterocycles. The number of methoxy groups -OCH3 is 1. The summed E-state index contributed by atoms with van der Waals surface area (Å²) in [4.78, 5) is 0. The molecule has 0 radical (unpaired) electrons. The Kier molecular flexibility index (Phi) is 3.19. The third-order valence-corrected chi connectivity index (χ3v) is 3.25. The molecule has 1 nitrogen and oxygen atoms in total. The molecule has 0 unspecified atom stereocenters. The Labute approximate surface area is 103 Å². The molecule has 0 spiro atoms. The average molecular weight is 226 g/mol. The average Bonchev–Trinajstić information content (AvgIpc) is 2.33. The highest BCUT2D eigenvalue weighted by molar-refractivity contribution is 5.67. The number of hydrogen-bond acceptors (Lipinski definition) is 1. The predicted octanol–water partition coefficient (Wildman–Crippen LogP) is 4.29. The van der Waals surface area contributed by atoms with E-state index in [1.165, 1.54) is 27.8 Å². The van der Waals surface area contributed by atoms with Gasteiger partial charge in [-0.15, -0.1) is 0 Å². The zero-order valence-corrected chi connectivity index (χ0v) is 10.9. The summed E-state index contributed by atoms with van der Waals surface area (Å²) in [7, 11) is 1.71. The first-order valence-electron chi connectivity index (χ1n) is 5.84. The molecular weight excluding hydrogens is 208 g/mol. The molecule has 2 aromatic carbocycles. The fourth-order valence-corrected chi connectivity index (χ4v) is 1.92. The van der Waals surface area contributed by atoms with E-state index in [4.69, 9.17) is 4.74 Å². The van der Waals surface area contributed by atoms with Crippen molar-refractivity contribution in [2.24, 2.45) is 0 Å². The van der Waals surface area contributed by atoms with Gasteiger partial charge in [0.05, 0.1) is 7.11 Å². The molecule has 88 valence electrons. The van der Waals surface area contributed by atoms with Crippen LogP contribution in [-0.4, -0.2) is 7.11 Å². The zero-order valence-electron chi connectivity index (χ0n) is 10.9. The second kappa shape index (κ2) is 4.62. The Balaban J connectivity index is 2.49. The van der Waals surface area contributed by atoms with Crippen LogP contribution >= 0.6 is 0 Å². The molecule has 2 rings (SSSR count). The summed E-state index contributed by atoms with van der Waals surface area (Å²) in [6.45, 7) is 6.34. The van der Waals surface area contributed by atoms with Crippen LogP contribution in [0.1, 0.15) is 16.7 Å². The number of benzene rings is 2. The van der Waals surface area contributed by atoms with Gasteiger partial charge in [-0.3, -0.25) is 0 Å². The maximum atomic E-state index is 5.36. The van der Waals surface area contributed by atoms with E-state index in [-0.39, 0.29) is 0 Å². The molecule has 0 bridgehead atoms. The van der Waals surface area contributed by atoms with Gasteiger partial charge in [-0.25, -0.2) is 0 Å².